The summed E-state index contributed by atoms with van der Waals surface area (Å²) in [6.07, 6.45) is 4.47. The molecule has 120 valence electrons. The third-order valence-corrected chi connectivity index (χ3v) is 3.52. The number of aromatic nitrogens is 4. The van der Waals surface area contributed by atoms with Gasteiger partial charge in [0.25, 0.3) is 11.5 Å². The van der Waals surface area contributed by atoms with Crippen molar-refractivity contribution in [3.63, 3.8) is 0 Å². The van der Waals surface area contributed by atoms with E-state index in [1.54, 1.807) is 36.7 Å². The molecule has 2 aromatic heterocycles. The zero-order chi connectivity index (χ0) is 16.9. The van der Waals surface area contributed by atoms with Crippen LogP contribution in [0.25, 0.3) is 11.3 Å². The van der Waals surface area contributed by atoms with Gasteiger partial charge in [0, 0.05) is 29.5 Å². The summed E-state index contributed by atoms with van der Waals surface area (Å²) in [5.74, 6) is -0.494. The van der Waals surface area contributed by atoms with Crippen molar-refractivity contribution in [2.45, 2.75) is 6.54 Å². The van der Waals surface area contributed by atoms with Crippen LogP contribution in [0.15, 0.2) is 53.8 Å². The van der Waals surface area contributed by atoms with Gasteiger partial charge in [0.15, 0.2) is 0 Å². The third-order valence-electron chi connectivity index (χ3n) is 3.27. The van der Waals surface area contributed by atoms with E-state index < -0.39 is 11.5 Å². The van der Waals surface area contributed by atoms with Crippen molar-refractivity contribution in [2.24, 2.45) is 0 Å². The van der Waals surface area contributed by atoms with Crippen molar-refractivity contribution in [1.29, 1.82) is 0 Å². The summed E-state index contributed by atoms with van der Waals surface area (Å²) >= 11 is 5.82. The molecule has 0 saturated carbocycles. The maximum Gasteiger partial charge on any atom is 0.277 e. The molecule has 3 rings (SSSR count). The van der Waals surface area contributed by atoms with Crippen LogP contribution in [0.4, 0.5) is 0 Å². The first kappa shape index (κ1) is 15.8. The van der Waals surface area contributed by atoms with Gasteiger partial charge in [0.2, 0.25) is 0 Å². The molecule has 0 bridgehead atoms. The molecule has 0 aliphatic carbocycles. The molecule has 24 heavy (non-hydrogen) atoms. The first-order chi connectivity index (χ1) is 11.6. The average molecular weight is 342 g/mol. The minimum absolute atomic E-state index is 0.0298. The van der Waals surface area contributed by atoms with Crippen molar-refractivity contribution < 1.29 is 4.79 Å². The Balaban J connectivity index is 1.79. The van der Waals surface area contributed by atoms with Crippen molar-refractivity contribution >= 4 is 17.5 Å². The lowest BCUT2D eigenvalue weighted by Gasteiger charge is -2.06. The molecule has 3 aromatic rings. The lowest BCUT2D eigenvalue weighted by atomic mass is 10.1. The Morgan fingerprint density at radius 1 is 1.17 bits per heavy atom. The third kappa shape index (κ3) is 3.64. The Morgan fingerprint density at radius 2 is 1.88 bits per heavy atom. The van der Waals surface area contributed by atoms with E-state index in [1.807, 2.05) is 0 Å². The van der Waals surface area contributed by atoms with E-state index in [1.165, 1.54) is 12.4 Å². The van der Waals surface area contributed by atoms with Crippen LogP contribution in [0.5, 0.6) is 0 Å². The van der Waals surface area contributed by atoms with Crippen molar-refractivity contribution in [2.75, 3.05) is 0 Å². The number of rotatable bonds is 4. The molecular formula is C16H12ClN5O2. The number of benzene rings is 1. The van der Waals surface area contributed by atoms with Gasteiger partial charge < -0.3 is 5.32 Å². The molecule has 0 aliphatic heterocycles. The highest BCUT2D eigenvalue weighted by Crippen LogP contribution is 2.13. The molecule has 0 atom stereocenters. The molecule has 0 spiro atoms. The van der Waals surface area contributed by atoms with Crippen molar-refractivity contribution in [3.8, 4) is 11.3 Å². The van der Waals surface area contributed by atoms with E-state index in [2.05, 4.69) is 25.5 Å². The summed E-state index contributed by atoms with van der Waals surface area (Å²) in [7, 11) is 0. The fourth-order valence-corrected chi connectivity index (χ4v) is 2.16. The monoisotopic (exact) mass is 341 g/mol. The lowest BCUT2D eigenvalue weighted by molar-refractivity contribution is 0.0949. The largest absolute Gasteiger partial charge is 0.348 e. The standard InChI is InChI=1S/C16H12ClN5O2/c17-12-3-1-10(2-4-12)6-20-15(23)13-5-14(21-22-16(13)24)11-7-18-9-19-8-11/h1-5,7-9H,6H2,(H,20,23)(H,22,24). The van der Waals surface area contributed by atoms with Crippen LogP contribution in [-0.4, -0.2) is 26.1 Å². The number of hydrogen-bond donors (Lipinski definition) is 2. The molecule has 8 heteroatoms. The highest BCUT2D eigenvalue weighted by molar-refractivity contribution is 6.30. The Morgan fingerprint density at radius 3 is 2.58 bits per heavy atom. The minimum atomic E-state index is -0.566. The van der Waals surface area contributed by atoms with E-state index >= 15 is 0 Å². The van der Waals surface area contributed by atoms with Gasteiger partial charge in [-0.15, -0.1) is 0 Å². The minimum Gasteiger partial charge on any atom is -0.348 e. The van der Waals surface area contributed by atoms with Crippen LogP contribution in [0.1, 0.15) is 15.9 Å². The zero-order valence-electron chi connectivity index (χ0n) is 12.4. The molecule has 0 unspecified atom stereocenters. The van der Waals surface area contributed by atoms with Crippen LogP contribution in [-0.2, 0) is 6.54 Å². The van der Waals surface area contributed by atoms with E-state index in [4.69, 9.17) is 11.6 Å². The maximum absolute atomic E-state index is 12.3. The topological polar surface area (TPSA) is 101 Å². The summed E-state index contributed by atoms with van der Waals surface area (Å²) in [6, 6.07) is 8.47. The molecular weight excluding hydrogens is 330 g/mol. The van der Waals surface area contributed by atoms with Gasteiger partial charge in [-0.25, -0.2) is 15.1 Å². The van der Waals surface area contributed by atoms with Gasteiger partial charge in [-0.2, -0.15) is 5.10 Å². The van der Waals surface area contributed by atoms with Gasteiger partial charge in [-0.05, 0) is 23.8 Å². The molecule has 2 N–H and O–H groups in total. The Labute approximate surface area is 141 Å². The summed E-state index contributed by atoms with van der Waals surface area (Å²) in [5, 5.41) is 9.53. The molecule has 0 saturated heterocycles. The predicted molar refractivity (Wildman–Crippen MR) is 88.5 cm³/mol. The van der Waals surface area contributed by atoms with Gasteiger partial charge in [-0.1, -0.05) is 23.7 Å². The number of carbonyl (C=O) groups is 1. The number of carbonyl (C=O) groups excluding carboxylic acids is 1. The lowest BCUT2D eigenvalue weighted by Crippen LogP contribution is -2.29. The first-order valence-electron chi connectivity index (χ1n) is 7.01. The van der Waals surface area contributed by atoms with Crippen molar-refractivity contribution in [3.05, 3.63) is 75.6 Å². The number of hydrogen-bond acceptors (Lipinski definition) is 5. The molecule has 0 fully saturated rings. The SMILES string of the molecule is O=C(NCc1ccc(Cl)cc1)c1cc(-c2cncnc2)n[nH]c1=O. The van der Waals surface area contributed by atoms with Crippen LogP contribution in [0.2, 0.25) is 5.02 Å². The van der Waals surface area contributed by atoms with E-state index in [0.29, 0.717) is 16.3 Å². The second-order valence-electron chi connectivity index (χ2n) is 4.93. The second-order valence-corrected chi connectivity index (χ2v) is 5.37. The fourth-order valence-electron chi connectivity index (χ4n) is 2.03. The molecule has 1 amide bonds. The normalized spacial score (nSPS) is 10.4. The van der Waals surface area contributed by atoms with E-state index in [-0.39, 0.29) is 12.1 Å². The number of nitrogens with one attached hydrogen (secondary N) is 2. The number of halogens is 1. The van der Waals surface area contributed by atoms with Crippen LogP contribution in [0, 0.1) is 0 Å². The Hall–Kier alpha value is -3.06. The molecule has 7 nitrogen and oxygen atoms in total. The average Bonchev–Trinajstić information content (AvgIpc) is 2.62. The van der Waals surface area contributed by atoms with Crippen LogP contribution >= 0.6 is 11.6 Å². The summed E-state index contributed by atoms with van der Waals surface area (Å²) < 4.78 is 0. The number of amides is 1. The van der Waals surface area contributed by atoms with Gasteiger partial charge in [-0.3, -0.25) is 9.59 Å². The summed E-state index contributed by atoms with van der Waals surface area (Å²) in [6.45, 7) is 0.279. The Bertz CT molecular complexity index is 910. The maximum atomic E-state index is 12.3. The quantitative estimate of drug-likeness (QED) is 0.753. The number of aromatic amines is 1. The van der Waals surface area contributed by atoms with Crippen LogP contribution in [0.3, 0.4) is 0 Å². The summed E-state index contributed by atoms with van der Waals surface area (Å²) in [4.78, 5) is 31.9. The molecule has 1 aromatic carbocycles. The van der Waals surface area contributed by atoms with Gasteiger partial charge >= 0.3 is 0 Å². The predicted octanol–water partition coefficient (Wildman–Crippen LogP) is 1.81. The van der Waals surface area contributed by atoms with Gasteiger partial charge in [0.05, 0.1) is 5.69 Å². The van der Waals surface area contributed by atoms with Crippen molar-refractivity contribution in [1.82, 2.24) is 25.5 Å². The molecule has 0 radical (unpaired) electrons. The van der Waals surface area contributed by atoms with Gasteiger partial charge in [0.1, 0.15) is 11.9 Å². The van der Waals surface area contributed by atoms with Crippen LogP contribution < -0.4 is 10.9 Å². The fraction of sp³-hybridized carbons (Fsp3) is 0.0625. The Kier molecular flexibility index (Phi) is 4.62. The van der Waals surface area contributed by atoms with E-state index in [0.717, 1.165) is 5.56 Å². The second kappa shape index (κ2) is 7.01. The highest BCUT2D eigenvalue weighted by atomic mass is 35.5. The van der Waals surface area contributed by atoms with E-state index in [9.17, 15) is 9.59 Å². The number of nitrogens with zero attached hydrogens (tertiary/aromatic N) is 3. The first-order valence-corrected chi connectivity index (χ1v) is 7.39. The summed E-state index contributed by atoms with van der Waals surface area (Å²) in [5.41, 5.74) is 1.28. The smallest absolute Gasteiger partial charge is 0.277 e. The molecule has 2 heterocycles. The molecule has 0 aliphatic rings. The number of H-pyrrole nitrogens is 1. The highest BCUT2D eigenvalue weighted by Gasteiger charge is 2.13. The zero-order valence-corrected chi connectivity index (χ0v) is 13.1.